The summed E-state index contributed by atoms with van der Waals surface area (Å²) >= 11 is 0. The first kappa shape index (κ1) is 14.9. The van der Waals surface area contributed by atoms with Gasteiger partial charge in [-0.1, -0.05) is 32.0 Å². The van der Waals surface area contributed by atoms with E-state index < -0.39 is 0 Å². The largest absolute Gasteiger partial charge is 0.364 e. The minimum absolute atomic E-state index is 0.174. The minimum Gasteiger partial charge on any atom is -0.364 e. The van der Waals surface area contributed by atoms with Crippen LogP contribution in [-0.2, 0) is 6.42 Å². The molecule has 1 fully saturated rings. The van der Waals surface area contributed by atoms with Gasteiger partial charge < -0.3 is 10.6 Å². The second-order valence-electron chi connectivity index (χ2n) is 7.33. The molecule has 1 aliphatic carbocycles. The highest BCUT2D eigenvalue weighted by molar-refractivity contribution is 5.57. The van der Waals surface area contributed by atoms with Crippen molar-refractivity contribution in [2.75, 3.05) is 18.0 Å². The highest BCUT2D eigenvalue weighted by Crippen LogP contribution is 2.44. The standard InChI is InChI=1S/C19H30N2/c1-15-10-11-19(14-20,16(2)13-15)21-12-6-5-8-17-7-3-4-9-18(17)21/h3-4,7,9,15-16H,5-6,8,10-14,20H2,1-2H3. The molecule has 1 aromatic rings. The number of anilines is 1. The van der Waals surface area contributed by atoms with Gasteiger partial charge in [0.15, 0.2) is 0 Å². The highest BCUT2D eigenvalue weighted by atomic mass is 15.2. The summed E-state index contributed by atoms with van der Waals surface area (Å²) < 4.78 is 0. The number of nitrogens with zero attached hydrogens (tertiary/aromatic N) is 1. The first-order valence-electron chi connectivity index (χ1n) is 8.73. The molecule has 1 saturated carbocycles. The first-order chi connectivity index (χ1) is 10.2. The van der Waals surface area contributed by atoms with Crippen LogP contribution < -0.4 is 10.6 Å². The van der Waals surface area contributed by atoms with Crippen molar-refractivity contribution >= 4 is 5.69 Å². The molecule has 0 radical (unpaired) electrons. The number of hydrogen-bond donors (Lipinski definition) is 1. The lowest BCUT2D eigenvalue weighted by molar-refractivity contribution is 0.158. The Morgan fingerprint density at radius 1 is 1.24 bits per heavy atom. The smallest absolute Gasteiger partial charge is 0.0549 e. The van der Waals surface area contributed by atoms with Crippen LogP contribution in [-0.4, -0.2) is 18.6 Å². The van der Waals surface area contributed by atoms with E-state index in [1.807, 2.05) is 0 Å². The van der Waals surface area contributed by atoms with Crippen LogP contribution in [0.1, 0.15) is 51.5 Å². The van der Waals surface area contributed by atoms with E-state index in [9.17, 15) is 0 Å². The summed E-state index contributed by atoms with van der Waals surface area (Å²) in [6, 6.07) is 9.01. The van der Waals surface area contributed by atoms with Crippen molar-refractivity contribution in [3.8, 4) is 0 Å². The van der Waals surface area contributed by atoms with E-state index in [4.69, 9.17) is 5.73 Å². The van der Waals surface area contributed by atoms with E-state index in [-0.39, 0.29) is 5.54 Å². The van der Waals surface area contributed by atoms with Gasteiger partial charge >= 0.3 is 0 Å². The average molecular weight is 286 g/mol. The van der Waals surface area contributed by atoms with Crippen LogP contribution >= 0.6 is 0 Å². The predicted molar refractivity (Wildman–Crippen MR) is 90.7 cm³/mol. The quantitative estimate of drug-likeness (QED) is 0.891. The molecule has 2 heteroatoms. The fraction of sp³-hybridized carbons (Fsp3) is 0.684. The molecule has 2 aliphatic rings. The topological polar surface area (TPSA) is 29.3 Å². The van der Waals surface area contributed by atoms with E-state index in [2.05, 4.69) is 43.0 Å². The van der Waals surface area contributed by atoms with Crippen molar-refractivity contribution in [2.45, 2.75) is 57.9 Å². The Hall–Kier alpha value is -1.02. The first-order valence-corrected chi connectivity index (χ1v) is 8.73. The van der Waals surface area contributed by atoms with E-state index >= 15 is 0 Å². The van der Waals surface area contributed by atoms with Crippen LogP contribution in [0.15, 0.2) is 24.3 Å². The average Bonchev–Trinajstić information content (AvgIpc) is 2.71. The van der Waals surface area contributed by atoms with Gasteiger partial charge in [0.25, 0.3) is 0 Å². The molecule has 1 aliphatic heterocycles. The SMILES string of the molecule is CC1CCC(CN)(N2CCCCc3ccccc32)C(C)C1. The van der Waals surface area contributed by atoms with Crippen molar-refractivity contribution in [1.82, 2.24) is 0 Å². The maximum absolute atomic E-state index is 6.37. The molecule has 3 rings (SSSR count). The second-order valence-corrected chi connectivity index (χ2v) is 7.33. The molecule has 0 aromatic heterocycles. The Morgan fingerprint density at radius 3 is 2.81 bits per heavy atom. The number of nitrogens with two attached hydrogens (primary N) is 1. The second kappa shape index (κ2) is 6.00. The molecule has 0 spiro atoms. The van der Waals surface area contributed by atoms with E-state index in [1.165, 1.54) is 56.3 Å². The van der Waals surface area contributed by atoms with Crippen LogP contribution in [0.2, 0.25) is 0 Å². The molecule has 3 unspecified atom stereocenters. The molecule has 1 heterocycles. The van der Waals surface area contributed by atoms with Gasteiger partial charge in [-0.3, -0.25) is 0 Å². The lowest BCUT2D eigenvalue weighted by atomic mass is 9.68. The Kier molecular flexibility index (Phi) is 4.26. The van der Waals surface area contributed by atoms with Crippen LogP contribution in [0.3, 0.4) is 0 Å². The van der Waals surface area contributed by atoms with E-state index in [0.717, 1.165) is 12.5 Å². The zero-order valence-electron chi connectivity index (χ0n) is 13.6. The molecule has 0 saturated heterocycles. The third kappa shape index (κ3) is 2.59. The molecule has 1 aromatic carbocycles. The van der Waals surface area contributed by atoms with Crippen molar-refractivity contribution in [3.05, 3.63) is 29.8 Å². The van der Waals surface area contributed by atoms with Gasteiger partial charge in [0.05, 0.1) is 5.54 Å². The molecular weight excluding hydrogens is 256 g/mol. The summed E-state index contributed by atoms with van der Waals surface area (Å²) in [5, 5.41) is 0. The summed E-state index contributed by atoms with van der Waals surface area (Å²) in [4.78, 5) is 2.70. The van der Waals surface area contributed by atoms with Gasteiger partial charge in [-0.15, -0.1) is 0 Å². The van der Waals surface area contributed by atoms with Crippen LogP contribution in [0.5, 0.6) is 0 Å². The monoisotopic (exact) mass is 286 g/mol. The van der Waals surface area contributed by atoms with Gasteiger partial charge in [-0.25, -0.2) is 0 Å². The molecule has 2 N–H and O–H groups in total. The highest BCUT2D eigenvalue weighted by Gasteiger charge is 2.44. The minimum atomic E-state index is 0.174. The normalized spacial score (nSPS) is 33.4. The molecular formula is C19H30N2. The van der Waals surface area contributed by atoms with Crippen molar-refractivity contribution in [2.24, 2.45) is 17.6 Å². The Balaban J connectivity index is 2.00. The molecule has 2 nitrogen and oxygen atoms in total. The maximum atomic E-state index is 6.37. The van der Waals surface area contributed by atoms with Gasteiger partial charge in [0, 0.05) is 18.8 Å². The number of benzene rings is 1. The third-order valence-corrected chi connectivity index (χ3v) is 5.99. The van der Waals surface area contributed by atoms with Gasteiger partial charge in [-0.05, 0) is 62.0 Å². The van der Waals surface area contributed by atoms with Crippen LogP contribution in [0.4, 0.5) is 5.69 Å². The number of hydrogen-bond acceptors (Lipinski definition) is 2. The van der Waals surface area contributed by atoms with Crippen molar-refractivity contribution < 1.29 is 0 Å². The number of aryl methyl sites for hydroxylation is 1. The van der Waals surface area contributed by atoms with Crippen molar-refractivity contribution in [3.63, 3.8) is 0 Å². The van der Waals surface area contributed by atoms with E-state index in [0.29, 0.717) is 5.92 Å². The molecule has 3 atom stereocenters. The van der Waals surface area contributed by atoms with Gasteiger partial charge in [-0.2, -0.15) is 0 Å². The van der Waals surface area contributed by atoms with Gasteiger partial charge in [0.2, 0.25) is 0 Å². The number of fused-ring (bicyclic) bond motifs is 1. The summed E-state index contributed by atoms with van der Waals surface area (Å²) in [6.07, 6.45) is 7.70. The fourth-order valence-corrected chi connectivity index (χ4v) is 4.65. The zero-order valence-corrected chi connectivity index (χ0v) is 13.6. The number of para-hydroxylation sites is 1. The Morgan fingerprint density at radius 2 is 2.05 bits per heavy atom. The predicted octanol–water partition coefficient (Wildman–Crippen LogP) is 3.98. The lowest BCUT2D eigenvalue weighted by Crippen LogP contribution is -2.60. The molecule has 0 bridgehead atoms. The summed E-state index contributed by atoms with van der Waals surface area (Å²) in [5.74, 6) is 1.53. The third-order valence-electron chi connectivity index (χ3n) is 5.99. The summed E-state index contributed by atoms with van der Waals surface area (Å²) in [5.41, 5.74) is 9.53. The molecule has 0 amide bonds. The Labute approximate surface area is 129 Å². The zero-order chi connectivity index (χ0) is 14.9. The molecule has 21 heavy (non-hydrogen) atoms. The molecule has 116 valence electrons. The van der Waals surface area contributed by atoms with Gasteiger partial charge in [0.1, 0.15) is 0 Å². The summed E-state index contributed by atoms with van der Waals surface area (Å²) in [7, 11) is 0. The lowest BCUT2D eigenvalue weighted by Gasteiger charge is -2.52. The Bertz CT molecular complexity index is 484. The summed E-state index contributed by atoms with van der Waals surface area (Å²) in [6.45, 7) is 6.78. The maximum Gasteiger partial charge on any atom is 0.0549 e. The fourth-order valence-electron chi connectivity index (χ4n) is 4.65. The van der Waals surface area contributed by atoms with Crippen LogP contribution in [0.25, 0.3) is 0 Å². The van der Waals surface area contributed by atoms with E-state index in [1.54, 1.807) is 0 Å². The van der Waals surface area contributed by atoms with Crippen LogP contribution in [0, 0.1) is 11.8 Å². The number of rotatable bonds is 2. The van der Waals surface area contributed by atoms with Crippen molar-refractivity contribution in [1.29, 1.82) is 0 Å².